The lowest BCUT2D eigenvalue weighted by Gasteiger charge is -2.09. The average Bonchev–Trinajstić information content (AvgIpc) is 3.06. The van der Waals surface area contributed by atoms with Crippen molar-refractivity contribution < 1.29 is 18.8 Å². The lowest BCUT2D eigenvalue weighted by atomic mass is 10.00. The number of rotatable bonds is 6. The third-order valence-corrected chi connectivity index (χ3v) is 3.70. The first-order chi connectivity index (χ1) is 12.6. The quantitative estimate of drug-likeness (QED) is 0.689. The Labute approximate surface area is 150 Å². The van der Waals surface area contributed by atoms with Crippen LogP contribution in [-0.4, -0.2) is 23.6 Å². The van der Waals surface area contributed by atoms with E-state index in [1.165, 1.54) is 0 Å². The van der Waals surface area contributed by atoms with Crippen molar-refractivity contribution in [1.29, 1.82) is 0 Å². The van der Waals surface area contributed by atoms with Crippen LogP contribution in [-0.2, 0) is 16.0 Å². The molecule has 0 unspecified atom stereocenters. The number of anilines is 1. The number of hydrogen-bond donors (Lipinski definition) is 1. The van der Waals surface area contributed by atoms with Gasteiger partial charge in [0, 0.05) is 6.07 Å². The molecule has 0 fully saturated rings. The molecule has 0 saturated carbocycles. The maximum Gasteiger partial charge on any atom is 0.338 e. The number of nitrogens with one attached hydrogen (secondary N) is 1. The van der Waals surface area contributed by atoms with E-state index in [0.717, 1.165) is 11.1 Å². The van der Waals surface area contributed by atoms with Crippen molar-refractivity contribution in [3.8, 4) is 0 Å². The molecule has 1 aromatic heterocycles. The summed E-state index contributed by atoms with van der Waals surface area (Å²) in [6, 6.07) is 18.6. The number of ether oxygens (including phenoxy) is 1. The summed E-state index contributed by atoms with van der Waals surface area (Å²) in [5, 5.41) is 6.15. The fourth-order valence-electron chi connectivity index (χ4n) is 2.49. The highest BCUT2D eigenvalue weighted by molar-refractivity contribution is 5.95. The molecular weight excluding hydrogens is 332 g/mol. The SMILES string of the molecule is Cc1cc(NC(=O)COC(=O)c2ccccc2Cc2ccccc2)on1. The Balaban J connectivity index is 1.62. The smallest absolute Gasteiger partial charge is 0.338 e. The van der Waals surface area contributed by atoms with Crippen LogP contribution in [0.3, 0.4) is 0 Å². The molecule has 26 heavy (non-hydrogen) atoms. The van der Waals surface area contributed by atoms with Gasteiger partial charge in [-0.05, 0) is 30.5 Å². The Bertz CT molecular complexity index is 903. The van der Waals surface area contributed by atoms with Crippen molar-refractivity contribution in [2.24, 2.45) is 0 Å². The summed E-state index contributed by atoms with van der Waals surface area (Å²) in [5.74, 6) is -0.816. The molecule has 0 atom stereocenters. The highest BCUT2D eigenvalue weighted by Crippen LogP contribution is 2.15. The Hall–Kier alpha value is -3.41. The van der Waals surface area contributed by atoms with Gasteiger partial charge >= 0.3 is 5.97 Å². The second kappa shape index (κ2) is 8.11. The molecule has 6 heteroatoms. The van der Waals surface area contributed by atoms with Crippen LogP contribution < -0.4 is 5.32 Å². The molecule has 0 bridgehead atoms. The summed E-state index contributed by atoms with van der Waals surface area (Å²) in [5.41, 5.74) is 3.02. The van der Waals surface area contributed by atoms with Gasteiger partial charge in [-0.25, -0.2) is 4.79 Å². The number of hydrogen-bond acceptors (Lipinski definition) is 5. The van der Waals surface area contributed by atoms with E-state index in [1.54, 1.807) is 25.1 Å². The molecule has 1 heterocycles. The summed E-state index contributed by atoms with van der Waals surface area (Å²) < 4.78 is 10.0. The molecule has 3 rings (SSSR count). The molecule has 2 aromatic carbocycles. The maximum atomic E-state index is 12.4. The minimum atomic E-state index is -0.541. The molecule has 132 valence electrons. The van der Waals surface area contributed by atoms with Gasteiger partial charge in [-0.15, -0.1) is 0 Å². The zero-order valence-corrected chi connectivity index (χ0v) is 14.3. The zero-order chi connectivity index (χ0) is 18.4. The molecule has 1 N–H and O–H groups in total. The lowest BCUT2D eigenvalue weighted by molar-refractivity contribution is -0.119. The molecular formula is C20H18N2O4. The van der Waals surface area contributed by atoms with Gasteiger partial charge in [0.15, 0.2) is 6.61 Å². The largest absolute Gasteiger partial charge is 0.452 e. The van der Waals surface area contributed by atoms with E-state index in [-0.39, 0.29) is 5.88 Å². The van der Waals surface area contributed by atoms with Gasteiger partial charge in [-0.1, -0.05) is 53.7 Å². The van der Waals surface area contributed by atoms with Crippen molar-refractivity contribution in [3.63, 3.8) is 0 Å². The molecule has 0 aliphatic rings. The topological polar surface area (TPSA) is 81.4 Å². The molecule has 3 aromatic rings. The van der Waals surface area contributed by atoms with Crippen LogP contribution in [0.15, 0.2) is 65.2 Å². The van der Waals surface area contributed by atoms with Crippen molar-refractivity contribution >= 4 is 17.8 Å². The van der Waals surface area contributed by atoms with Crippen molar-refractivity contribution in [3.05, 3.63) is 83.0 Å². The molecule has 6 nitrogen and oxygen atoms in total. The van der Waals surface area contributed by atoms with Gasteiger partial charge in [-0.3, -0.25) is 10.1 Å². The fraction of sp³-hybridized carbons (Fsp3) is 0.150. The minimum Gasteiger partial charge on any atom is -0.452 e. The van der Waals surface area contributed by atoms with Gasteiger partial charge in [-0.2, -0.15) is 0 Å². The van der Waals surface area contributed by atoms with Crippen LogP contribution in [0.5, 0.6) is 0 Å². The van der Waals surface area contributed by atoms with Crippen molar-refractivity contribution in [2.45, 2.75) is 13.3 Å². The molecule has 0 aliphatic heterocycles. The van der Waals surface area contributed by atoms with Crippen LogP contribution in [0.2, 0.25) is 0 Å². The second-order valence-corrected chi connectivity index (χ2v) is 5.78. The number of amides is 1. The summed E-state index contributed by atoms with van der Waals surface area (Å²) >= 11 is 0. The fourth-order valence-corrected chi connectivity index (χ4v) is 2.49. The minimum absolute atomic E-state index is 0.216. The van der Waals surface area contributed by atoms with Gasteiger partial charge in [0.2, 0.25) is 5.88 Å². The summed E-state index contributed by atoms with van der Waals surface area (Å²) in [6.45, 7) is 1.33. The number of carbonyl (C=O) groups is 2. The first-order valence-corrected chi connectivity index (χ1v) is 8.14. The van der Waals surface area contributed by atoms with Gasteiger partial charge in [0.05, 0.1) is 11.3 Å². The lowest BCUT2D eigenvalue weighted by Crippen LogP contribution is -2.21. The summed E-state index contributed by atoms with van der Waals surface area (Å²) in [4.78, 5) is 24.2. The number of benzene rings is 2. The number of esters is 1. The number of carbonyl (C=O) groups excluding carboxylic acids is 2. The van der Waals surface area contributed by atoms with Crippen molar-refractivity contribution in [2.75, 3.05) is 11.9 Å². The predicted octanol–water partition coefficient (Wildman–Crippen LogP) is 3.37. The van der Waals surface area contributed by atoms with Crippen LogP contribution >= 0.6 is 0 Å². The van der Waals surface area contributed by atoms with E-state index < -0.39 is 18.5 Å². The third kappa shape index (κ3) is 4.57. The van der Waals surface area contributed by atoms with E-state index in [1.807, 2.05) is 42.5 Å². The monoisotopic (exact) mass is 350 g/mol. The van der Waals surface area contributed by atoms with E-state index in [0.29, 0.717) is 17.7 Å². The van der Waals surface area contributed by atoms with Crippen LogP contribution in [0.25, 0.3) is 0 Å². The average molecular weight is 350 g/mol. The summed E-state index contributed by atoms with van der Waals surface area (Å²) in [6.07, 6.45) is 0.607. The Morgan fingerprint density at radius 3 is 2.54 bits per heavy atom. The van der Waals surface area contributed by atoms with Gasteiger partial charge in [0.1, 0.15) is 0 Å². The molecule has 1 amide bonds. The van der Waals surface area contributed by atoms with Crippen LogP contribution in [0.4, 0.5) is 5.88 Å². The van der Waals surface area contributed by atoms with Gasteiger partial charge < -0.3 is 9.26 Å². The zero-order valence-electron chi connectivity index (χ0n) is 14.3. The van der Waals surface area contributed by atoms with E-state index >= 15 is 0 Å². The maximum absolute atomic E-state index is 12.4. The Morgan fingerprint density at radius 1 is 1.08 bits per heavy atom. The van der Waals surface area contributed by atoms with Crippen LogP contribution in [0, 0.1) is 6.92 Å². The third-order valence-electron chi connectivity index (χ3n) is 3.70. The standard InChI is InChI=1S/C20H18N2O4/c1-14-11-19(26-22-14)21-18(23)13-25-20(24)17-10-6-5-9-16(17)12-15-7-3-2-4-8-15/h2-11H,12-13H2,1H3,(H,21,23). The number of aromatic nitrogens is 1. The van der Waals surface area contributed by atoms with E-state index in [2.05, 4.69) is 10.5 Å². The first-order valence-electron chi connectivity index (χ1n) is 8.14. The van der Waals surface area contributed by atoms with Crippen LogP contribution in [0.1, 0.15) is 27.2 Å². The Morgan fingerprint density at radius 2 is 1.81 bits per heavy atom. The number of nitrogens with zero attached hydrogens (tertiary/aromatic N) is 1. The highest BCUT2D eigenvalue weighted by Gasteiger charge is 2.15. The molecule has 0 saturated heterocycles. The van der Waals surface area contributed by atoms with Crippen molar-refractivity contribution in [1.82, 2.24) is 5.16 Å². The summed E-state index contributed by atoms with van der Waals surface area (Å²) in [7, 11) is 0. The molecule has 0 radical (unpaired) electrons. The molecule has 0 aliphatic carbocycles. The highest BCUT2D eigenvalue weighted by atomic mass is 16.5. The number of aryl methyl sites for hydroxylation is 1. The van der Waals surface area contributed by atoms with Gasteiger partial charge in [0.25, 0.3) is 5.91 Å². The normalized spacial score (nSPS) is 10.3. The first kappa shape index (κ1) is 17.4. The van der Waals surface area contributed by atoms with E-state index in [4.69, 9.17) is 9.26 Å². The predicted molar refractivity (Wildman–Crippen MR) is 95.8 cm³/mol. The van der Waals surface area contributed by atoms with E-state index in [9.17, 15) is 9.59 Å². The Kier molecular flexibility index (Phi) is 5.43. The molecule has 0 spiro atoms. The second-order valence-electron chi connectivity index (χ2n) is 5.78.